The molecule has 1 heterocycles. The molecule has 0 radical (unpaired) electrons. The minimum atomic E-state index is 0.261. The van der Waals surface area contributed by atoms with E-state index in [1.165, 1.54) is 5.56 Å². The largest absolute Gasteiger partial charge is 0.497 e. The van der Waals surface area contributed by atoms with E-state index in [9.17, 15) is 0 Å². The first-order valence-electron chi connectivity index (χ1n) is 6.42. The predicted molar refractivity (Wildman–Crippen MR) is 76.5 cm³/mol. The van der Waals surface area contributed by atoms with Crippen LogP contribution >= 0.6 is 11.8 Å². The molecule has 4 heteroatoms. The molecule has 0 spiro atoms. The Morgan fingerprint density at radius 3 is 2.78 bits per heavy atom. The van der Waals surface area contributed by atoms with E-state index in [-0.39, 0.29) is 12.1 Å². The fourth-order valence-corrected chi connectivity index (χ4v) is 3.10. The van der Waals surface area contributed by atoms with Crippen LogP contribution in [0.1, 0.15) is 18.5 Å². The van der Waals surface area contributed by atoms with Gasteiger partial charge in [0, 0.05) is 11.5 Å². The number of ether oxygens (including phenoxy) is 2. The van der Waals surface area contributed by atoms with Gasteiger partial charge in [-0.1, -0.05) is 19.1 Å². The summed E-state index contributed by atoms with van der Waals surface area (Å²) in [6.45, 7) is 3.93. The van der Waals surface area contributed by atoms with Gasteiger partial charge in [0.1, 0.15) is 5.75 Å². The molecular weight excluding hydrogens is 246 g/mol. The van der Waals surface area contributed by atoms with Gasteiger partial charge in [-0.05, 0) is 24.2 Å². The highest BCUT2D eigenvalue weighted by molar-refractivity contribution is 7.99. The van der Waals surface area contributed by atoms with Crippen LogP contribution < -0.4 is 10.1 Å². The quantitative estimate of drug-likeness (QED) is 0.888. The molecule has 0 aliphatic carbocycles. The summed E-state index contributed by atoms with van der Waals surface area (Å²) in [6.07, 6.45) is 0.261. The van der Waals surface area contributed by atoms with Crippen LogP contribution in [0.15, 0.2) is 24.3 Å². The zero-order valence-electron chi connectivity index (χ0n) is 11.0. The molecule has 1 saturated heterocycles. The molecular formula is C14H21NO2S. The first-order chi connectivity index (χ1) is 8.85. The Hall–Kier alpha value is -0.710. The van der Waals surface area contributed by atoms with Crippen LogP contribution in [0.5, 0.6) is 5.75 Å². The van der Waals surface area contributed by atoms with Crippen LogP contribution in [0.25, 0.3) is 0 Å². The number of hydrogen-bond donors (Lipinski definition) is 1. The van der Waals surface area contributed by atoms with E-state index < -0.39 is 0 Å². The van der Waals surface area contributed by atoms with Crippen molar-refractivity contribution in [2.24, 2.45) is 0 Å². The first kappa shape index (κ1) is 13.7. The molecule has 1 aromatic rings. The van der Waals surface area contributed by atoms with E-state index in [0.29, 0.717) is 0 Å². The summed E-state index contributed by atoms with van der Waals surface area (Å²) in [5.41, 5.74) is 1.27. The lowest BCUT2D eigenvalue weighted by Gasteiger charge is -2.31. The van der Waals surface area contributed by atoms with Crippen molar-refractivity contribution in [3.05, 3.63) is 29.8 Å². The van der Waals surface area contributed by atoms with Crippen molar-refractivity contribution in [2.75, 3.05) is 31.8 Å². The number of thioether (sulfide) groups is 1. The Bertz CT molecular complexity index is 349. The first-order valence-corrected chi connectivity index (χ1v) is 7.57. The van der Waals surface area contributed by atoms with Crippen LogP contribution in [0, 0.1) is 0 Å². The van der Waals surface area contributed by atoms with Crippen LogP contribution in [0.4, 0.5) is 0 Å². The molecule has 1 aliphatic heterocycles. The van der Waals surface area contributed by atoms with E-state index >= 15 is 0 Å². The summed E-state index contributed by atoms with van der Waals surface area (Å²) in [5.74, 6) is 3.06. The zero-order chi connectivity index (χ0) is 12.8. The minimum Gasteiger partial charge on any atom is -0.497 e. The van der Waals surface area contributed by atoms with Gasteiger partial charge in [0.15, 0.2) is 0 Å². The molecule has 1 aliphatic rings. The third kappa shape index (κ3) is 3.40. The molecule has 1 fully saturated rings. The van der Waals surface area contributed by atoms with E-state index in [1.807, 2.05) is 23.9 Å². The lowest BCUT2D eigenvalue weighted by molar-refractivity contribution is 0.0472. The zero-order valence-corrected chi connectivity index (χ0v) is 11.8. The highest BCUT2D eigenvalue weighted by Crippen LogP contribution is 2.26. The van der Waals surface area contributed by atoms with Gasteiger partial charge in [-0.25, -0.2) is 0 Å². The van der Waals surface area contributed by atoms with Crippen LogP contribution in [-0.4, -0.2) is 37.9 Å². The highest BCUT2D eigenvalue weighted by Gasteiger charge is 2.25. The van der Waals surface area contributed by atoms with E-state index in [2.05, 4.69) is 24.4 Å². The smallest absolute Gasteiger partial charge is 0.118 e. The summed E-state index contributed by atoms with van der Waals surface area (Å²) in [4.78, 5) is 0. The maximum atomic E-state index is 5.89. The molecule has 0 saturated carbocycles. The lowest BCUT2D eigenvalue weighted by Crippen LogP contribution is -2.38. The van der Waals surface area contributed by atoms with Gasteiger partial charge in [-0.3, -0.25) is 0 Å². The number of nitrogens with one attached hydrogen (secondary N) is 1. The molecule has 2 rings (SSSR count). The van der Waals surface area contributed by atoms with E-state index in [1.54, 1.807) is 7.11 Å². The monoisotopic (exact) mass is 267 g/mol. The fraction of sp³-hybridized carbons (Fsp3) is 0.571. The molecule has 100 valence electrons. The Kier molecular flexibility index (Phi) is 5.35. The van der Waals surface area contributed by atoms with Crippen molar-refractivity contribution in [1.29, 1.82) is 0 Å². The number of likely N-dealkylation sites (N-methyl/N-ethyl adjacent to an activating group) is 1. The van der Waals surface area contributed by atoms with E-state index in [4.69, 9.17) is 9.47 Å². The summed E-state index contributed by atoms with van der Waals surface area (Å²) < 4.78 is 11.1. The van der Waals surface area contributed by atoms with Crippen molar-refractivity contribution >= 4 is 11.8 Å². The van der Waals surface area contributed by atoms with Crippen molar-refractivity contribution in [3.63, 3.8) is 0 Å². The van der Waals surface area contributed by atoms with Gasteiger partial charge >= 0.3 is 0 Å². The number of benzene rings is 1. The maximum absolute atomic E-state index is 5.89. The van der Waals surface area contributed by atoms with E-state index in [0.717, 1.165) is 30.4 Å². The Morgan fingerprint density at radius 1 is 1.44 bits per heavy atom. The summed E-state index contributed by atoms with van der Waals surface area (Å²) in [6, 6.07) is 8.53. The van der Waals surface area contributed by atoms with Crippen molar-refractivity contribution in [3.8, 4) is 5.75 Å². The molecule has 0 bridgehead atoms. The standard InChI is InChI=1S/C14H21NO2S/c1-3-15-14(13-10-18-9-8-17-13)11-4-6-12(16-2)7-5-11/h4-7,13-15H,3,8-10H2,1-2H3. The molecule has 0 aromatic heterocycles. The summed E-state index contributed by atoms with van der Waals surface area (Å²) in [7, 11) is 1.69. The summed E-state index contributed by atoms with van der Waals surface area (Å²) in [5, 5.41) is 3.53. The maximum Gasteiger partial charge on any atom is 0.118 e. The third-order valence-corrected chi connectivity index (χ3v) is 4.13. The second kappa shape index (κ2) is 7.02. The second-order valence-corrected chi connectivity index (χ2v) is 5.44. The van der Waals surface area contributed by atoms with Gasteiger partial charge in [-0.15, -0.1) is 0 Å². The normalized spacial score (nSPS) is 21.6. The highest BCUT2D eigenvalue weighted by atomic mass is 32.2. The SMILES string of the molecule is CCNC(c1ccc(OC)cc1)C1CSCCO1. The second-order valence-electron chi connectivity index (χ2n) is 4.29. The molecule has 1 aromatic carbocycles. The number of methoxy groups -OCH3 is 1. The minimum absolute atomic E-state index is 0.261. The average Bonchev–Trinajstić information content (AvgIpc) is 2.46. The summed E-state index contributed by atoms with van der Waals surface area (Å²) >= 11 is 1.97. The van der Waals surface area contributed by atoms with Gasteiger partial charge < -0.3 is 14.8 Å². The van der Waals surface area contributed by atoms with Crippen LogP contribution in [0.2, 0.25) is 0 Å². The number of rotatable bonds is 5. The lowest BCUT2D eigenvalue weighted by atomic mass is 10.0. The Balaban J connectivity index is 2.11. The van der Waals surface area contributed by atoms with Gasteiger partial charge in [0.25, 0.3) is 0 Å². The molecule has 2 atom stereocenters. The molecule has 1 N–H and O–H groups in total. The molecule has 18 heavy (non-hydrogen) atoms. The van der Waals surface area contributed by atoms with Crippen molar-refractivity contribution in [2.45, 2.75) is 19.1 Å². The molecule has 0 amide bonds. The Morgan fingerprint density at radius 2 is 2.22 bits per heavy atom. The Labute approximate surface area is 113 Å². The van der Waals surface area contributed by atoms with Gasteiger partial charge in [-0.2, -0.15) is 11.8 Å². The van der Waals surface area contributed by atoms with Gasteiger partial charge in [0.05, 0.1) is 25.9 Å². The van der Waals surface area contributed by atoms with Crippen LogP contribution in [-0.2, 0) is 4.74 Å². The predicted octanol–water partition coefficient (Wildman–Crippen LogP) is 2.48. The average molecular weight is 267 g/mol. The fourth-order valence-electron chi connectivity index (χ4n) is 2.19. The molecule has 2 unspecified atom stereocenters. The van der Waals surface area contributed by atoms with Crippen molar-refractivity contribution < 1.29 is 9.47 Å². The molecule has 3 nitrogen and oxygen atoms in total. The van der Waals surface area contributed by atoms with Crippen LogP contribution in [0.3, 0.4) is 0 Å². The van der Waals surface area contributed by atoms with Gasteiger partial charge in [0.2, 0.25) is 0 Å². The number of hydrogen-bond acceptors (Lipinski definition) is 4. The topological polar surface area (TPSA) is 30.5 Å². The van der Waals surface area contributed by atoms with Crippen molar-refractivity contribution in [1.82, 2.24) is 5.32 Å². The third-order valence-electron chi connectivity index (χ3n) is 3.11.